The molecule has 38 heavy (non-hydrogen) atoms. The van der Waals surface area contributed by atoms with Crippen molar-refractivity contribution in [3.63, 3.8) is 0 Å². The number of para-hydroxylation sites is 1. The second-order valence-electron chi connectivity index (χ2n) is 8.04. The van der Waals surface area contributed by atoms with Crippen LogP contribution in [0, 0.1) is 0 Å². The van der Waals surface area contributed by atoms with Crippen LogP contribution in [0.25, 0.3) is 0 Å². The summed E-state index contributed by atoms with van der Waals surface area (Å²) in [4.78, 5) is 0.923. The van der Waals surface area contributed by atoms with Gasteiger partial charge in [-0.1, -0.05) is 36.4 Å². The smallest absolute Gasteiger partial charge is 0.457 e. The van der Waals surface area contributed by atoms with Gasteiger partial charge < -0.3 is 19.5 Å². The van der Waals surface area contributed by atoms with Gasteiger partial charge in [-0.25, -0.2) is 0 Å². The number of anilines is 1. The van der Waals surface area contributed by atoms with E-state index in [0.717, 1.165) is 23.1 Å². The van der Waals surface area contributed by atoms with Crippen LogP contribution in [0.4, 0.5) is 45.2 Å². The number of halogens is 9. The highest BCUT2D eigenvalue weighted by atomic mass is 19.4. The number of aliphatic hydroxyl groups is 1. The van der Waals surface area contributed by atoms with Gasteiger partial charge in [0.1, 0.15) is 23.4 Å². The molecule has 0 bridgehead atoms. The minimum absolute atomic E-state index is 0.0180. The maximum absolute atomic E-state index is 13.8. The third-order valence-electron chi connectivity index (χ3n) is 5.13. The standard InChI is InChI=1S/C25H20F9NO3/c26-22(27)24(30,31)38-20-11-4-6-16(12-20)14-35(15-21(36)23(28,29)25(32,33)34)17-7-5-10-19(13-17)37-18-8-2-1-3-9-18/h1-13,21-22,36H,14-15H2. The zero-order valence-electron chi connectivity index (χ0n) is 19.2. The lowest BCUT2D eigenvalue weighted by Crippen LogP contribution is -2.51. The summed E-state index contributed by atoms with van der Waals surface area (Å²) in [6.45, 7) is -1.75. The van der Waals surface area contributed by atoms with E-state index in [1.807, 2.05) is 0 Å². The molecular weight excluding hydrogens is 533 g/mol. The topological polar surface area (TPSA) is 41.9 Å². The Morgan fingerprint density at radius 3 is 1.97 bits per heavy atom. The fourth-order valence-electron chi connectivity index (χ4n) is 3.27. The van der Waals surface area contributed by atoms with E-state index in [4.69, 9.17) is 4.74 Å². The summed E-state index contributed by atoms with van der Waals surface area (Å²) in [7, 11) is 0. The molecule has 0 aliphatic rings. The SMILES string of the molecule is OC(CN(Cc1cccc(OC(F)(F)C(F)F)c1)c1cccc(Oc2ccccc2)c1)C(F)(F)C(F)(F)F. The number of hydrogen-bond donors (Lipinski definition) is 1. The summed E-state index contributed by atoms with van der Waals surface area (Å²) in [5, 5.41) is 9.85. The van der Waals surface area contributed by atoms with E-state index < -0.39 is 49.6 Å². The molecule has 0 saturated heterocycles. The van der Waals surface area contributed by atoms with Gasteiger partial charge >= 0.3 is 24.6 Å². The monoisotopic (exact) mass is 553 g/mol. The first-order chi connectivity index (χ1) is 17.7. The minimum atomic E-state index is -6.05. The van der Waals surface area contributed by atoms with Crippen LogP contribution in [0.5, 0.6) is 17.2 Å². The van der Waals surface area contributed by atoms with Crippen LogP contribution in [0.2, 0.25) is 0 Å². The van der Waals surface area contributed by atoms with Gasteiger partial charge in [-0.15, -0.1) is 0 Å². The molecule has 1 N–H and O–H groups in total. The first kappa shape index (κ1) is 29.0. The maximum atomic E-state index is 13.8. The number of ether oxygens (including phenoxy) is 2. The van der Waals surface area contributed by atoms with Gasteiger partial charge in [-0.3, -0.25) is 0 Å². The van der Waals surface area contributed by atoms with E-state index in [0.29, 0.717) is 5.75 Å². The summed E-state index contributed by atoms with van der Waals surface area (Å²) in [5.41, 5.74) is 0.0455. The number of rotatable bonds is 11. The van der Waals surface area contributed by atoms with Crippen LogP contribution in [0.1, 0.15) is 5.56 Å². The molecule has 4 nitrogen and oxygen atoms in total. The van der Waals surface area contributed by atoms with Crippen molar-refractivity contribution in [3.05, 3.63) is 84.4 Å². The molecule has 0 aliphatic carbocycles. The zero-order chi connectivity index (χ0) is 28.1. The third kappa shape index (κ3) is 7.24. The van der Waals surface area contributed by atoms with Crippen molar-refractivity contribution >= 4 is 5.69 Å². The number of hydrogen-bond acceptors (Lipinski definition) is 4. The summed E-state index contributed by atoms with van der Waals surface area (Å²) in [6, 6.07) is 18.1. The molecule has 0 radical (unpaired) electrons. The molecule has 3 aromatic rings. The number of nitrogens with zero attached hydrogens (tertiary/aromatic N) is 1. The van der Waals surface area contributed by atoms with Crippen molar-refractivity contribution in [2.75, 3.05) is 11.4 Å². The van der Waals surface area contributed by atoms with E-state index in [1.54, 1.807) is 30.3 Å². The average Bonchev–Trinajstić information content (AvgIpc) is 2.83. The van der Waals surface area contributed by atoms with Crippen LogP contribution in [0.3, 0.4) is 0 Å². The highest BCUT2D eigenvalue weighted by molar-refractivity contribution is 5.52. The van der Waals surface area contributed by atoms with Gasteiger partial charge in [0, 0.05) is 18.3 Å². The van der Waals surface area contributed by atoms with E-state index in [2.05, 4.69) is 4.74 Å². The Balaban J connectivity index is 1.92. The van der Waals surface area contributed by atoms with E-state index in [-0.39, 0.29) is 17.0 Å². The van der Waals surface area contributed by atoms with E-state index >= 15 is 0 Å². The normalized spacial score (nSPS) is 13.3. The molecule has 1 unspecified atom stereocenters. The second-order valence-corrected chi connectivity index (χ2v) is 8.04. The first-order valence-electron chi connectivity index (χ1n) is 10.8. The van der Waals surface area contributed by atoms with Gasteiger partial charge in [-0.2, -0.15) is 39.5 Å². The summed E-state index contributed by atoms with van der Waals surface area (Å²) in [5.74, 6) is -5.61. The van der Waals surface area contributed by atoms with Gasteiger partial charge in [0.25, 0.3) is 0 Å². The molecule has 1 atom stereocenters. The molecule has 0 heterocycles. The lowest BCUT2D eigenvalue weighted by atomic mass is 10.1. The molecule has 0 amide bonds. The average molecular weight is 553 g/mol. The van der Waals surface area contributed by atoms with Crippen molar-refractivity contribution in [2.24, 2.45) is 0 Å². The van der Waals surface area contributed by atoms with E-state index in [9.17, 15) is 44.6 Å². The Kier molecular flexibility index (Phi) is 8.70. The lowest BCUT2D eigenvalue weighted by molar-refractivity contribution is -0.311. The highest BCUT2D eigenvalue weighted by Gasteiger charge is 2.62. The van der Waals surface area contributed by atoms with Crippen LogP contribution in [-0.4, -0.2) is 42.4 Å². The molecule has 0 saturated carbocycles. The van der Waals surface area contributed by atoms with Crippen LogP contribution in [0.15, 0.2) is 78.9 Å². The largest absolute Gasteiger partial charge is 0.461 e. The fourth-order valence-corrected chi connectivity index (χ4v) is 3.27. The third-order valence-corrected chi connectivity index (χ3v) is 5.13. The molecule has 0 aromatic heterocycles. The van der Waals surface area contributed by atoms with Gasteiger partial charge in [0.05, 0.1) is 6.54 Å². The van der Waals surface area contributed by atoms with Crippen molar-refractivity contribution in [1.82, 2.24) is 0 Å². The van der Waals surface area contributed by atoms with Crippen LogP contribution >= 0.6 is 0 Å². The summed E-state index contributed by atoms with van der Waals surface area (Å²) < 4.78 is 127. The second kappa shape index (κ2) is 11.4. The summed E-state index contributed by atoms with van der Waals surface area (Å²) in [6.07, 6.45) is -18.2. The number of benzene rings is 3. The van der Waals surface area contributed by atoms with Crippen LogP contribution in [-0.2, 0) is 6.54 Å². The molecule has 13 heteroatoms. The molecule has 206 valence electrons. The fraction of sp³-hybridized carbons (Fsp3) is 0.280. The Hall–Kier alpha value is -3.61. The Bertz CT molecular complexity index is 1190. The van der Waals surface area contributed by atoms with Crippen molar-refractivity contribution in [1.29, 1.82) is 0 Å². The predicted octanol–water partition coefficient (Wildman–Crippen LogP) is 7.28. The number of aliphatic hydroxyl groups excluding tert-OH is 1. The molecule has 0 aliphatic heterocycles. The van der Waals surface area contributed by atoms with Gasteiger partial charge in [-0.05, 0) is 42.0 Å². The van der Waals surface area contributed by atoms with Gasteiger partial charge in [0.2, 0.25) is 0 Å². The quantitative estimate of drug-likeness (QED) is 0.254. The molecule has 3 rings (SSSR count). The van der Waals surface area contributed by atoms with Crippen molar-refractivity contribution < 1.29 is 54.1 Å². The summed E-state index contributed by atoms with van der Waals surface area (Å²) >= 11 is 0. The molecule has 0 spiro atoms. The predicted molar refractivity (Wildman–Crippen MR) is 119 cm³/mol. The lowest BCUT2D eigenvalue weighted by Gasteiger charge is -2.32. The molecule has 0 fully saturated rings. The highest BCUT2D eigenvalue weighted by Crippen LogP contribution is 2.39. The Morgan fingerprint density at radius 2 is 1.34 bits per heavy atom. The Morgan fingerprint density at radius 1 is 0.737 bits per heavy atom. The Labute approximate surface area is 210 Å². The number of alkyl halides is 9. The minimum Gasteiger partial charge on any atom is -0.457 e. The van der Waals surface area contributed by atoms with E-state index in [1.165, 1.54) is 30.3 Å². The van der Waals surface area contributed by atoms with Crippen molar-refractivity contribution in [2.45, 2.75) is 37.3 Å². The zero-order valence-corrected chi connectivity index (χ0v) is 19.2. The van der Waals surface area contributed by atoms with Crippen LogP contribution < -0.4 is 14.4 Å². The first-order valence-corrected chi connectivity index (χ1v) is 10.8. The molecular formula is C25H20F9NO3. The maximum Gasteiger partial charge on any atom is 0.461 e. The van der Waals surface area contributed by atoms with Gasteiger partial charge in [0.15, 0.2) is 0 Å². The molecule has 3 aromatic carbocycles. The van der Waals surface area contributed by atoms with Crippen molar-refractivity contribution in [3.8, 4) is 17.2 Å².